The molecule has 1 N–H and O–H groups in total. The van der Waals surface area contributed by atoms with Crippen molar-refractivity contribution in [2.45, 2.75) is 31.1 Å². The van der Waals surface area contributed by atoms with Gasteiger partial charge in [-0.25, -0.2) is 8.42 Å². The van der Waals surface area contributed by atoms with Crippen molar-refractivity contribution >= 4 is 43.8 Å². The van der Waals surface area contributed by atoms with Gasteiger partial charge in [0, 0.05) is 24.6 Å². The van der Waals surface area contributed by atoms with Gasteiger partial charge in [-0.3, -0.25) is 14.9 Å². The molecule has 1 aliphatic rings. The highest BCUT2D eigenvalue weighted by molar-refractivity contribution is 7.92. The van der Waals surface area contributed by atoms with Gasteiger partial charge < -0.3 is 4.90 Å². The van der Waals surface area contributed by atoms with Crippen LogP contribution in [0, 0.1) is 13.8 Å². The largest absolute Gasteiger partial charge is 0.312 e. The molecule has 0 bridgehead atoms. The van der Waals surface area contributed by atoms with Crippen molar-refractivity contribution in [3.8, 4) is 0 Å². The summed E-state index contributed by atoms with van der Waals surface area (Å²) in [7, 11) is -3.76. The van der Waals surface area contributed by atoms with Gasteiger partial charge in [0.2, 0.25) is 16.9 Å². The zero-order valence-corrected chi connectivity index (χ0v) is 19.2. The molecule has 3 aromatic rings. The summed E-state index contributed by atoms with van der Waals surface area (Å²) in [4.78, 5) is 26.6. The molecular weight excluding hydrogens is 448 g/mol. The Bertz CT molecular complexity index is 1270. The first-order chi connectivity index (χ1) is 15.2. The molecule has 166 valence electrons. The van der Waals surface area contributed by atoms with Gasteiger partial charge in [0.1, 0.15) is 10.8 Å². The highest BCUT2D eigenvalue weighted by Gasteiger charge is 2.34. The minimum Gasteiger partial charge on any atom is -0.312 e. The Kier molecular flexibility index (Phi) is 6.07. The molecule has 2 amide bonds. The molecule has 2 aromatic carbocycles. The minimum absolute atomic E-state index is 0.00516. The number of benzene rings is 2. The molecule has 1 aromatic heterocycles. The van der Waals surface area contributed by atoms with E-state index in [-0.39, 0.29) is 21.9 Å². The first-order valence-corrected chi connectivity index (χ1v) is 12.5. The Hall–Kier alpha value is -3.11. The molecule has 0 saturated carbocycles. The number of carbonyl (C=O) groups is 2. The second kappa shape index (κ2) is 8.79. The van der Waals surface area contributed by atoms with E-state index in [1.807, 2.05) is 38.1 Å². The van der Waals surface area contributed by atoms with E-state index in [9.17, 15) is 18.0 Å². The summed E-state index contributed by atoms with van der Waals surface area (Å²) < 4.78 is 24.9. The van der Waals surface area contributed by atoms with Crippen LogP contribution in [0.3, 0.4) is 0 Å². The molecule has 8 nitrogen and oxygen atoms in total. The summed E-state index contributed by atoms with van der Waals surface area (Å²) >= 11 is 1.16. The van der Waals surface area contributed by atoms with E-state index in [1.54, 1.807) is 17.0 Å². The Morgan fingerprint density at radius 1 is 1.12 bits per heavy atom. The number of nitrogens with zero attached hydrogens (tertiary/aromatic N) is 3. The number of carbonyl (C=O) groups excluding carboxylic acids is 2. The van der Waals surface area contributed by atoms with E-state index in [0.717, 1.165) is 28.2 Å². The maximum Gasteiger partial charge on any atom is 0.241 e. The van der Waals surface area contributed by atoms with Crippen LogP contribution in [-0.4, -0.2) is 42.7 Å². The van der Waals surface area contributed by atoms with Crippen LogP contribution in [0.4, 0.5) is 10.8 Å². The maximum absolute atomic E-state index is 12.5. The topological polar surface area (TPSA) is 109 Å². The number of hydrogen-bond donors (Lipinski definition) is 1. The first-order valence-electron chi connectivity index (χ1n) is 10.0. The van der Waals surface area contributed by atoms with Gasteiger partial charge in [0.05, 0.1) is 4.90 Å². The van der Waals surface area contributed by atoms with E-state index in [4.69, 9.17) is 0 Å². The van der Waals surface area contributed by atoms with Crippen LogP contribution < -0.4 is 10.2 Å². The fourth-order valence-electron chi connectivity index (χ4n) is 3.53. The third-order valence-electron chi connectivity index (χ3n) is 5.18. The van der Waals surface area contributed by atoms with Gasteiger partial charge in [0.25, 0.3) is 0 Å². The van der Waals surface area contributed by atoms with E-state index in [2.05, 4.69) is 15.5 Å². The molecule has 4 rings (SSSR count). The van der Waals surface area contributed by atoms with Gasteiger partial charge in [-0.2, -0.15) is 0 Å². The monoisotopic (exact) mass is 470 g/mol. The summed E-state index contributed by atoms with van der Waals surface area (Å²) in [6.45, 7) is 4.31. The smallest absolute Gasteiger partial charge is 0.241 e. The van der Waals surface area contributed by atoms with E-state index in [1.165, 1.54) is 12.1 Å². The summed E-state index contributed by atoms with van der Waals surface area (Å²) in [5, 5.41) is 11.4. The molecular formula is C22H22N4O4S2. The standard InChI is InChI=1S/C22H22N4O4S2/c1-14-6-8-18(9-7-14)32(29,30)13-19(27)23-22-25-24-21(31-22)16-11-20(28)26(12-16)17-5-3-4-15(2)10-17/h3-10,16H,11-13H2,1-2H3,(H,23,25,27). The molecule has 32 heavy (non-hydrogen) atoms. The van der Waals surface area contributed by atoms with Crippen LogP contribution in [-0.2, 0) is 19.4 Å². The maximum atomic E-state index is 12.5. The van der Waals surface area contributed by atoms with Crippen molar-refractivity contribution in [3.63, 3.8) is 0 Å². The number of aromatic nitrogens is 2. The van der Waals surface area contributed by atoms with Gasteiger partial charge in [0.15, 0.2) is 9.84 Å². The molecule has 0 spiro atoms. The minimum atomic E-state index is -3.76. The fourth-order valence-corrected chi connectivity index (χ4v) is 5.51. The average molecular weight is 471 g/mol. The van der Waals surface area contributed by atoms with Crippen molar-refractivity contribution in [2.24, 2.45) is 0 Å². The van der Waals surface area contributed by atoms with Crippen LogP contribution in [0.2, 0.25) is 0 Å². The highest BCUT2D eigenvalue weighted by atomic mass is 32.2. The van der Waals surface area contributed by atoms with Crippen molar-refractivity contribution in [2.75, 3.05) is 22.5 Å². The van der Waals surface area contributed by atoms with Crippen molar-refractivity contribution in [1.29, 1.82) is 0 Å². The lowest BCUT2D eigenvalue weighted by molar-refractivity contribution is -0.117. The van der Waals surface area contributed by atoms with Crippen molar-refractivity contribution in [3.05, 3.63) is 64.7 Å². The second-order valence-electron chi connectivity index (χ2n) is 7.81. The average Bonchev–Trinajstić information content (AvgIpc) is 3.34. The zero-order chi connectivity index (χ0) is 22.9. The number of anilines is 2. The van der Waals surface area contributed by atoms with E-state index >= 15 is 0 Å². The van der Waals surface area contributed by atoms with Gasteiger partial charge in [-0.15, -0.1) is 10.2 Å². The normalized spacial score (nSPS) is 16.4. The first kappa shape index (κ1) is 22.1. The summed E-state index contributed by atoms with van der Waals surface area (Å²) in [6.07, 6.45) is 0.304. The molecule has 2 heterocycles. The quantitative estimate of drug-likeness (QED) is 0.593. The third-order valence-corrected chi connectivity index (χ3v) is 7.81. The number of rotatable bonds is 6. The summed E-state index contributed by atoms with van der Waals surface area (Å²) in [6, 6.07) is 14.1. The van der Waals surface area contributed by atoms with Crippen LogP contribution in [0.1, 0.15) is 28.5 Å². The van der Waals surface area contributed by atoms with E-state index < -0.39 is 21.5 Å². The molecule has 10 heteroatoms. The predicted octanol–water partition coefficient (Wildman–Crippen LogP) is 3.09. The Morgan fingerprint density at radius 2 is 1.88 bits per heavy atom. The number of sulfone groups is 1. The summed E-state index contributed by atoms with van der Waals surface area (Å²) in [5.74, 6) is -1.50. The lowest BCUT2D eigenvalue weighted by Crippen LogP contribution is -2.24. The molecule has 1 fully saturated rings. The molecule has 1 unspecified atom stereocenters. The lowest BCUT2D eigenvalue weighted by Gasteiger charge is -2.16. The Morgan fingerprint density at radius 3 is 2.59 bits per heavy atom. The molecule has 0 radical (unpaired) electrons. The van der Waals surface area contributed by atoms with Crippen LogP contribution in [0.15, 0.2) is 53.4 Å². The van der Waals surface area contributed by atoms with Crippen LogP contribution in [0.25, 0.3) is 0 Å². The zero-order valence-electron chi connectivity index (χ0n) is 17.6. The molecule has 0 aliphatic carbocycles. The number of aryl methyl sites for hydroxylation is 2. The fraction of sp³-hybridized carbons (Fsp3) is 0.273. The van der Waals surface area contributed by atoms with Gasteiger partial charge in [-0.1, -0.05) is 41.2 Å². The second-order valence-corrected chi connectivity index (χ2v) is 10.8. The Balaban J connectivity index is 1.40. The molecule has 1 atom stereocenters. The number of nitrogens with one attached hydrogen (secondary N) is 1. The highest BCUT2D eigenvalue weighted by Crippen LogP contribution is 2.34. The van der Waals surface area contributed by atoms with Crippen molar-refractivity contribution in [1.82, 2.24) is 10.2 Å². The number of hydrogen-bond acceptors (Lipinski definition) is 7. The van der Waals surface area contributed by atoms with Crippen LogP contribution in [0.5, 0.6) is 0 Å². The Labute approximate surface area is 190 Å². The van der Waals surface area contributed by atoms with Crippen molar-refractivity contribution < 1.29 is 18.0 Å². The molecule has 1 saturated heterocycles. The molecule has 1 aliphatic heterocycles. The van der Waals surface area contributed by atoms with Gasteiger partial charge >= 0.3 is 0 Å². The SMILES string of the molecule is Cc1ccc(S(=O)(=O)CC(=O)Nc2nnc(C3CC(=O)N(c4cccc(C)c4)C3)s2)cc1. The lowest BCUT2D eigenvalue weighted by atomic mass is 10.1. The van der Waals surface area contributed by atoms with E-state index in [0.29, 0.717) is 18.0 Å². The predicted molar refractivity (Wildman–Crippen MR) is 123 cm³/mol. The van der Waals surface area contributed by atoms with Crippen LogP contribution >= 0.6 is 11.3 Å². The van der Waals surface area contributed by atoms with Gasteiger partial charge in [-0.05, 0) is 43.7 Å². The number of amides is 2. The summed E-state index contributed by atoms with van der Waals surface area (Å²) in [5.41, 5.74) is 2.85. The third kappa shape index (κ3) is 4.86.